The quantitative estimate of drug-likeness (QED) is 0.173. The molecule has 0 unspecified atom stereocenters. The molecule has 0 bridgehead atoms. The van der Waals surface area contributed by atoms with Gasteiger partial charge >= 0.3 is 0 Å². The molecule has 2 aliphatic rings. The van der Waals surface area contributed by atoms with Crippen molar-refractivity contribution >= 4 is 34.1 Å². The molecule has 0 N–H and O–H groups in total. The van der Waals surface area contributed by atoms with E-state index in [0.29, 0.717) is 0 Å². The Kier molecular flexibility index (Phi) is 7.31. The highest BCUT2D eigenvalue weighted by Gasteiger charge is 2.47. The topological polar surface area (TPSA) is 6.48 Å². The minimum Gasteiger partial charge on any atom is -0.310 e. The number of nitrogens with zero attached hydrogens (tertiary/aromatic N) is 2. The molecule has 7 aromatic rings. The van der Waals surface area contributed by atoms with Crippen LogP contribution in [0.15, 0.2) is 158 Å². The lowest BCUT2D eigenvalue weighted by Gasteiger charge is -2.32. The first-order chi connectivity index (χ1) is 25.2. The molecule has 0 aliphatic heterocycles. The third kappa shape index (κ3) is 4.78. The maximum Gasteiger partial charge on any atom is 0.0467 e. The summed E-state index contributed by atoms with van der Waals surface area (Å²) in [6.07, 6.45) is 0. The summed E-state index contributed by atoms with van der Waals surface area (Å²) in [6.45, 7) is 14.4. The highest BCUT2D eigenvalue weighted by Crippen LogP contribution is 2.61. The van der Waals surface area contributed by atoms with E-state index < -0.39 is 0 Å². The SMILES string of the molecule is Cc1cc(N(c2ccccc2)c2ccccc2)cc2c1-c1c(C)cc3c(c1C2(C)C)C(C)(C)c1cc(N(c2ccccc2)c2ccccc2)ccc1-3. The van der Waals surface area contributed by atoms with Gasteiger partial charge in [-0.05, 0) is 142 Å². The summed E-state index contributed by atoms with van der Waals surface area (Å²) in [5, 5.41) is 0. The first-order valence-electron chi connectivity index (χ1n) is 18.5. The van der Waals surface area contributed by atoms with Crippen molar-refractivity contribution in [3.05, 3.63) is 191 Å². The van der Waals surface area contributed by atoms with Crippen molar-refractivity contribution in [3.63, 3.8) is 0 Å². The zero-order valence-corrected chi connectivity index (χ0v) is 30.9. The van der Waals surface area contributed by atoms with Crippen LogP contribution in [0.25, 0.3) is 22.3 Å². The summed E-state index contributed by atoms with van der Waals surface area (Å²) in [6, 6.07) is 57.4. The minimum atomic E-state index is -0.206. The lowest BCUT2D eigenvalue weighted by Crippen LogP contribution is -2.24. The zero-order valence-electron chi connectivity index (χ0n) is 30.9. The largest absolute Gasteiger partial charge is 0.310 e. The van der Waals surface area contributed by atoms with Gasteiger partial charge in [0.25, 0.3) is 0 Å². The number of para-hydroxylation sites is 4. The molecule has 2 nitrogen and oxygen atoms in total. The van der Waals surface area contributed by atoms with E-state index in [1.807, 2.05) is 0 Å². The molecule has 0 amide bonds. The fourth-order valence-corrected chi connectivity index (χ4v) is 9.24. The second-order valence-corrected chi connectivity index (χ2v) is 15.5. The van der Waals surface area contributed by atoms with Crippen LogP contribution in [0.5, 0.6) is 0 Å². The second-order valence-electron chi connectivity index (χ2n) is 15.5. The third-order valence-corrected chi connectivity index (χ3v) is 11.6. The standard InChI is InChI=1S/C50H44N2/c1-33-29-40(52(37-23-15-9-16-24-37)38-25-17-10-18-26-38)32-44-45(33)46-34(2)30-42-41-28-27-39(31-43(41)49(3,4)47(42)48(46)50(44,5)6)51(35-19-11-7-12-20-35)36-21-13-8-14-22-36/h7-32H,1-6H3. The minimum absolute atomic E-state index is 0.201. The Morgan fingerprint density at radius 2 is 0.769 bits per heavy atom. The third-order valence-electron chi connectivity index (χ3n) is 11.6. The Morgan fingerprint density at radius 1 is 0.346 bits per heavy atom. The summed E-state index contributed by atoms with van der Waals surface area (Å²) >= 11 is 0. The maximum absolute atomic E-state index is 2.48. The van der Waals surface area contributed by atoms with Crippen LogP contribution in [0, 0.1) is 13.8 Å². The van der Waals surface area contributed by atoms with E-state index in [4.69, 9.17) is 0 Å². The predicted molar refractivity (Wildman–Crippen MR) is 220 cm³/mol. The van der Waals surface area contributed by atoms with Crippen LogP contribution < -0.4 is 9.80 Å². The smallest absolute Gasteiger partial charge is 0.0467 e. The molecule has 7 aromatic carbocycles. The number of benzene rings is 7. The van der Waals surface area contributed by atoms with Gasteiger partial charge in [-0.2, -0.15) is 0 Å². The molecular weight excluding hydrogens is 629 g/mol. The maximum atomic E-state index is 2.48. The summed E-state index contributed by atoms with van der Waals surface area (Å²) in [5.41, 5.74) is 20.5. The molecule has 52 heavy (non-hydrogen) atoms. The number of hydrogen-bond donors (Lipinski definition) is 0. The summed E-state index contributed by atoms with van der Waals surface area (Å²) in [4.78, 5) is 4.78. The molecule has 0 fully saturated rings. The number of anilines is 6. The molecule has 0 atom stereocenters. The Bertz CT molecular complexity index is 2380. The van der Waals surface area contributed by atoms with Gasteiger partial charge in [-0.1, -0.05) is 113 Å². The molecule has 254 valence electrons. The van der Waals surface area contributed by atoms with E-state index in [1.54, 1.807) is 0 Å². The van der Waals surface area contributed by atoms with E-state index in [1.165, 1.54) is 67.0 Å². The lowest BCUT2D eigenvalue weighted by molar-refractivity contribution is 0.601. The van der Waals surface area contributed by atoms with Crippen LogP contribution in [0.3, 0.4) is 0 Å². The van der Waals surface area contributed by atoms with E-state index >= 15 is 0 Å². The fourth-order valence-electron chi connectivity index (χ4n) is 9.24. The van der Waals surface area contributed by atoms with Gasteiger partial charge < -0.3 is 9.80 Å². The Labute approximate surface area is 308 Å². The fraction of sp³-hybridized carbons (Fsp3) is 0.160. The van der Waals surface area contributed by atoms with E-state index in [2.05, 4.69) is 209 Å². The molecule has 0 saturated heterocycles. The first kappa shape index (κ1) is 32.1. The second kappa shape index (κ2) is 11.9. The van der Waals surface area contributed by atoms with E-state index in [0.717, 1.165) is 22.7 Å². The van der Waals surface area contributed by atoms with Gasteiger partial charge in [0, 0.05) is 45.0 Å². The highest BCUT2D eigenvalue weighted by molar-refractivity contribution is 5.96. The number of hydrogen-bond acceptors (Lipinski definition) is 2. The van der Waals surface area contributed by atoms with Crippen LogP contribution in [0.4, 0.5) is 34.1 Å². The molecular formula is C50H44N2. The predicted octanol–water partition coefficient (Wildman–Crippen LogP) is 13.9. The zero-order chi connectivity index (χ0) is 35.8. The molecule has 2 aliphatic carbocycles. The lowest BCUT2D eigenvalue weighted by atomic mass is 9.72. The van der Waals surface area contributed by atoms with Gasteiger partial charge in [0.2, 0.25) is 0 Å². The van der Waals surface area contributed by atoms with Crippen LogP contribution in [-0.4, -0.2) is 0 Å². The van der Waals surface area contributed by atoms with Crippen molar-refractivity contribution in [1.29, 1.82) is 0 Å². The monoisotopic (exact) mass is 672 g/mol. The molecule has 0 spiro atoms. The van der Waals surface area contributed by atoms with Gasteiger partial charge in [-0.25, -0.2) is 0 Å². The number of rotatable bonds is 6. The van der Waals surface area contributed by atoms with Gasteiger partial charge in [0.15, 0.2) is 0 Å². The molecule has 0 heterocycles. The summed E-state index contributed by atoms with van der Waals surface area (Å²) in [7, 11) is 0. The van der Waals surface area contributed by atoms with Gasteiger partial charge in [-0.15, -0.1) is 0 Å². The average Bonchev–Trinajstić information content (AvgIpc) is 3.53. The molecule has 0 aromatic heterocycles. The van der Waals surface area contributed by atoms with Gasteiger partial charge in [0.1, 0.15) is 0 Å². The van der Waals surface area contributed by atoms with E-state index in [9.17, 15) is 0 Å². The van der Waals surface area contributed by atoms with Gasteiger partial charge in [-0.3, -0.25) is 0 Å². The van der Waals surface area contributed by atoms with Crippen molar-refractivity contribution in [1.82, 2.24) is 0 Å². The molecule has 9 rings (SSSR count). The summed E-state index contributed by atoms with van der Waals surface area (Å²) < 4.78 is 0. The van der Waals surface area contributed by atoms with E-state index in [-0.39, 0.29) is 10.8 Å². The Hall–Kier alpha value is -5.86. The molecule has 0 saturated carbocycles. The molecule has 2 heteroatoms. The van der Waals surface area contributed by atoms with Gasteiger partial charge in [0.05, 0.1) is 0 Å². The number of aryl methyl sites for hydroxylation is 2. The van der Waals surface area contributed by atoms with Crippen molar-refractivity contribution in [2.24, 2.45) is 0 Å². The van der Waals surface area contributed by atoms with Crippen molar-refractivity contribution < 1.29 is 0 Å². The first-order valence-corrected chi connectivity index (χ1v) is 18.5. The van der Waals surface area contributed by atoms with Crippen LogP contribution in [-0.2, 0) is 10.8 Å². The normalized spacial score (nSPS) is 14.3. The van der Waals surface area contributed by atoms with Crippen LogP contribution >= 0.6 is 0 Å². The van der Waals surface area contributed by atoms with Crippen LogP contribution in [0.2, 0.25) is 0 Å². The summed E-state index contributed by atoms with van der Waals surface area (Å²) in [5.74, 6) is 0. The Morgan fingerprint density at radius 3 is 1.27 bits per heavy atom. The molecule has 0 radical (unpaired) electrons. The van der Waals surface area contributed by atoms with Crippen molar-refractivity contribution in [3.8, 4) is 22.3 Å². The van der Waals surface area contributed by atoms with Crippen molar-refractivity contribution in [2.45, 2.75) is 52.4 Å². The Balaban J connectivity index is 1.21. The average molecular weight is 673 g/mol. The number of fused-ring (bicyclic) bond motifs is 7. The highest BCUT2D eigenvalue weighted by atomic mass is 15.1. The van der Waals surface area contributed by atoms with Crippen molar-refractivity contribution in [2.75, 3.05) is 9.80 Å². The van der Waals surface area contributed by atoms with Crippen LogP contribution in [0.1, 0.15) is 61.1 Å².